The molecule has 1 fully saturated rings. The Morgan fingerprint density at radius 2 is 2.00 bits per heavy atom. The van der Waals surface area contributed by atoms with Gasteiger partial charge in [0.1, 0.15) is 12.2 Å². The van der Waals surface area contributed by atoms with Crippen LogP contribution in [0.1, 0.15) is 41.7 Å². The predicted molar refractivity (Wildman–Crippen MR) is 106 cm³/mol. The molecule has 146 valence electrons. The van der Waals surface area contributed by atoms with Gasteiger partial charge in [-0.2, -0.15) is 10.2 Å². The minimum Gasteiger partial charge on any atom is -0.328 e. The molecule has 8 heteroatoms. The van der Waals surface area contributed by atoms with Gasteiger partial charge >= 0.3 is 6.03 Å². The molecule has 2 N–H and O–H groups in total. The molecule has 28 heavy (non-hydrogen) atoms. The van der Waals surface area contributed by atoms with E-state index in [1.165, 1.54) is 6.33 Å². The van der Waals surface area contributed by atoms with Crippen LogP contribution >= 0.6 is 0 Å². The largest absolute Gasteiger partial charge is 0.328 e. The second kappa shape index (κ2) is 7.46. The first-order valence-corrected chi connectivity index (χ1v) is 9.51. The molecule has 1 aromatic carbocycles. The highest BCUT2D eigenvalue weighted by molar-refractivity contribution is 5.89. The number of anilines is 1. The quantitative estimate of drug-likeness (QED) is 0.689. The maximum Gasteiger partial charge on any atom is 0.319 e. The number of hydrogen-bond acceptors (Lipinski definition) is 4. The fourth-order valence-corrected chi connectivity index (χ4v) is 3.42. The Labute approximate surface area is 164 Å². The third-order valence-electron chi connectivity index (χ3n) is 5.05. The lowest BCUT2D eigenvalue weighted by Crippen LogP contribution is -2.35. The van der Waals surface area contributed by atoms with Crippen molar-refractivity contribution in [2.45, 2.75) is 39.3 Å². The summed E-state index contributed by atoms with van der Waals surface area (Å²) < 4.78 is 3.70. The zero-order chi connectivity index (χ0) is 19.7. The average molecular weight is 379 g/mol. The first-order chi connectivity index (χ1) is 13.5. The van der Waals surface area contributed by atoms with Gasteiger partial charge in [0.2, 0.25) is 0 Å². The number of carbonyl (C=O) groups is 1. The van der Waals surface area contributed by atoms with Gasteiger partial charge in [0.25, 0.3) is 0 Å². The summed E-state index contributed by atoms with van der Waals surface area (Å²) >= 11 is 0. The number of urea groups is 1. The van der Waals surface area contributed by atoms with Crippen molar-refractivity contribution >= 4 is 11.7 Å². The van der Waals surface area contributed by atoms with E-state index in [0.29, 0.717) is 12.5 Å². The van der Waals surface area contributed by atoms with Crippen LogP contribution in [0, 0.1) is 19.8 Å². The van der Waals surface area contributed by atoms with Gasteiger partial charge in [0, 0.05) is 18.4 Å². The van der Waals surface area contributed by atoms with Crippen molar-refractivity contribution in [1.29, 1.82) is 0 Å². The van der Waals surface area contributed by atoms with Crippen molar-refractivity contribution in [3.63, 3.8) is 0 Å². The second-order valence-corrected chi connectivity index (χ2v) is 7.44. The molecule has 2 amide bonds. The molecular weight excluding hydrogens is 354 g/mol. The van der Waals surface area contributed by atoms with E-state index in [1.807, 2.05) is 49.8 Å². The molecule has 0 bridgehead atoms. The zero-order valence-corrected chi connectivity index (χ0v) is 16.4. The monoisotopic (exact) mass is 379 g/mol. The lowest BCUT2D eigenvalue weighted by atomic mass is 10.1. The summed E-state index contributed by atoms with van der Waals surface area (Å²) in [7, 11) is 1.85. The lowest BCUT2D eigenvalue weighted by Gasteiger charge is -2.18. The number of carbonyl (C=O) groups excluding carboxylic acids is 1. The number of aryl methyl sites for hydroxylation is 3. The summed E-state index contributed by atoms with van der Waals surface area (Å²) in [6, 6.07) is 9.56. The van der Waals surface area contributed by atoms with Crippen molar-refractivity contribution in [2.24, 2.45) is 13.0 Å². The van der Waals surface area contributed by atoms with E-state index in [4.69, 9.17) is 0 Å². The molecule has 0 saturated heterocycles. The minimum atomic E-state index is -0.230. The Balaban J connectivity index is 1.38. The Morgan fingerprint density at radius 1 is 1.25 bits per heavy atom. The van der Waals surface area contributed by atoms with E-state index in [0.717, 1.165) is 41.3 Å². The molecule has 2 aromatic heterocycles. The number of rotatable bonds is 6. The Bertz CT molecular complexity index is 969. The Hall–Kier alpha value is -3.16. The van der Waals surface area contributed by atoms with Crippen molar-refractivity contribution in [3.8, 4) is 0 Å². The fourth-order valence-electron chi connectivity index (χ4n) is 3.42. The Kier molecular flexibility index (Phi) is 4.85. The number of hydrogen-bond donors (Lipinski definition) is 2. The van der Waals surface area contributed by atoms with Gasteiger partial charge in [-0.15, -0.1) is 0 Å². The van der Waals surface area contributed by atoms with Gasteiger partial charge in [0.15, 0.2) is 0 Å². The summed E-state index contributed by atoms with van der Waals surface area (Å²) in [4.78, 5) is 16.8. The SMILES string of the molecule is Cc1cc(C)n(Cc2ccc(NC(=O)N[C@H](c3ncnn3C)C3CC3)cc2)n1. The average Bonchev–Trinajstić information content (AvgIpc) is 3.34. The standard InChI is InChI=1S/C20H25N7O/c1-13-10-14(2)27(25-13)11-15-4-8-17(9-5-15)23-20(28)24-18(16-6-7-16)19-21-12-22-26(19)3/h4-5,8-10,12,16,18H,6-7,11H2,1-3H3,(H2,23,24,28)/t18-/m0/s1. The summed E-state index contributed by atoms with van der Waals surface area (Å²) in [5, 5.41) is 14.6. The van der Waals surface area contributed by atoms with Crippen molar-refractivity contribution < 1.29 is 4.79 Å². The summed E-state index contributed by atoms with van der Waals surface area (Å²) in [5.41, 5.74) is 4.03. The van der Waals surface area contributed by atoms with E-state index in [-0.39, 0.29) is 12.1 Å². The maximum atomic E-state index is 12.5. The van der Waals surface area contributed by atoms with Crippen LogP contribution in [0.25, 0.3) is 0 Å². The molecule has 8 nitrogen and oxygen atoms in total. The first-order valence-electron chi connectivity index (χ1n) is 9.51. The molecule has 3 aromatic rings. The van der Waals surface area contributed by atoms with E-state index >= 15 is 0 Å². The number of nitrogens with one attached hydrogen (secondary N) is 2. The highest BCUT2D eigenvalue weighted by Crippen LogP contribution is 2.40. The highest BCUT2D eigenvalue weighted by atomic mass is 16.2. The van der Waals surface area contributed by atoms with Gasteiger partial charge in [-0.3, -0.25) is 9.36 Å². The van der Waals surface area contributed by atoms with E-state index in [1.54, 1.807) is 4.68 Å². The molecule has 1 saturated carbocycles. The highest BCUT2D eigenvalue weighted by Gasteiger charge is 2.36. The van der Waals surface area contributed by atoms with Crippen LogP contribution < -0.4 is 10.6 Å². The van der Waals surface area contributed by atoms with Crippen LogP contribution in [-0.2, 0) is 13.6 Å². The predicted octanol–water partition coefficient (Wildman–Crippen LogP) is 2.95. The molecule has 2 heterocycles. The number of benzene rings is 1. The summed E-state index contributed by atoms with van der Waals surface area (Å²) in [6.45, 7) is 4.75. The molecular formula is C20H25N7O. The van der Waals surface area contributed by atoms with Crippen LogP contribution in [0.2, 0.25) is 0 Å². The molecule has 1 aliphatic carbocycles. The minimum absolute atomic E-state index is 0.113. The van der Waals surface area contributed by atoms with Crippen LogP contribution in [-0.4, -0.2) is 30.6 Å². The maximum absolute atomic E-state index is 12.5. The lowest BCUT2D eigenvalue weighted by molar-refractivity contribution is 0.246. The molecule has 1 atom stereocenters. The van der Waals surface area contributed by atoms with Crippen molar-refractivity contribution in [1.82, 2.24) is 29.9 Å². The van der Waals surface area contributed by atoms with E-state index < -0.39 is 0 Å². The third kappa shape index (κ3) is 4.05. The van der Waals surface area contributed by atoms with Crippen LogP contribution in [0.3, 0.4) is 0 Å². The molecule has 1 aliphatic rings. The van der Waals surface area contributed by atoms with E-state index in [9.17, 15) is 4.79 Å². The van der Waals surface area contributed by atoms with Crippen LogP contribution in [0.4, 0.5) is 10.5 Å². The molecule has 0 aliphatic heterocycles. The summed E-state index contributed by atoms with van der Waals surface area (Å²) in [6.07, 6.45) is 3.71. The Morgan fingerprint density at radius 3 is 2.57 bits per heavy atom. The van der Waals surface area contributed by atoms with Crippen molar-refractivity contribution in [3.05, 3.63) is 59.4 Å². The smallest absolute Gasteiger partial charge is 0.319 e. The zero-order valence-electron chi connectivity index (χ0n) is 16.4. The number of amides is 2. The van der Waals surface area contributed by atoms with Crippen LogP contribution in [0.5, 0.6) is 0 Å². The normalized spacial score (nSPS) is 14.7. The van der Waals surface area contributed by atoms with Gasteiger partial charge in [-0.25, -0.2) is 9.78 Å². The van der Waals surface area contributed by atoms with Gasteiger partial charge in [0.05, 0.1) is 18.3 Å². The topological polar surface area (TPSA) is 89.7 Å². The van der Waals surface area contributed by atoms with Gasteiger partial charge in [-0.1, -0.05) is 12.1 Å². The van der Waals surface area contributed by atoms with Crippen LogP contribution in [0.15, 0.2) is 36.7 Å². The molecule has 0 unspecified atom stereocenters. The van der Waals surface area contributed by atoms with Gasteiger partial charge < -0.3 is 10.6 Å². The molecule has 4 rings (SSSR count). The number of aromatic nitrogens is 5. The first kappa shape index (κ1) is 18.2. The summed E-state index contributed by atoms with van der Waals surface area (Å²) in [5.74, 6) is 1.22. The third-order valence-corrected chi connectivity index (χ3v) is 5.05. The molecule has 0 spiro atoms. The van der Waals surface area contributed by atoms with E-state index in [2.05, 4.69) is 31.9 Å². The van der Waals surface area contributed by atoms with Crippen molar-refractivity contribution in [2.75, 3.05) is 5.32 Å². The number of nitrogens with zero attached hydrogens (tertiary/aromatic N) is 5. The second-order valence-electron chi connectivity index (χ2n) is 7.44. The van der Waals surface area contributed by atoms with Gasteiger partial charge in [-0.05, 0) is 56.4 Å². The fraction of sp³-hybridized carbons (Fsp3) is 0.400. The molecule has 0 radical (unpaired) electrons.